The Kier molecular flexibility index (Phi) is 6.61. The second-order valence-electron chi connectivity index (χ2n) is 7.56. The first-order valence-corrected chi connectivity index (χ1v) is 9.84. The lowest BCUT2D eigenvalue weighted by Gasteiger charge is -2.21. The molecule has 0 radical (unpaired) electrons. The van der Waals surface area contributed by atoms with Crippen molar-refractivity contribution in [2.45, 2.75) is 26.3 Å². The van der Waals surface area contributed by atoms with Crippen LogP contribution in [-0.2, 0) is 16.6 Å². The van der Waals surface area contributed by atoms with E-state index >= 15 is 0 Å². The van der Waals surface area contributed by atoms with Crippen LogP contribution in [0.25, 0.3) is 10.8 Å². The minimum atomic E-state index is -0.753. The summed E-state index contributed by atoms with van der Waals surface area (Å²) in [6.45, 7) is 3.73. The normalized spacial score (nSPS) is 12.0. The summed E-state index contributed by atoms with van der Waals surface area (Å²) in [6, 6.07) is 16.2. The van der Waals surface area contributed by atoms with Crippen LogP contribution in [-0.4, -0.2) is 28.3 Å². The maximum absolute atomic E-state index is 12.6. The van der Waals surface area contributed by atoms with Crippen molar-refractivity contribution in [2.75, 3.05) is 6.61 Å². The van der Waals surface area contributed by atoms with Gasteiger partial charge in [0.25, 0.3) is 11.5 Å². The molecule has 0 saturated carbocycles. The van der Waals surface area contributed by atoms with Crippen LogP contribution in [0.15, 0.2) is 59.4 Å². The lowest BCUT2D eigenvalue weighted by molar-refractivity contribution is -0.125. The molecule has 30 heavy (non-hydrogen) atoms. The van der Waals surface area contributed by atoms with E-state index in [2.05, 4.69) is 24.3 Å². The fourth-order valence-corrected chi connectivity index (χ4v) is 3.32. The zero-order chi connectivity index (χ0) is 21.7. The number of hydrogen-bond donors (Lipinski definition) is 1. The molecular formula is C23H25N3O4. The summed E-state index contributed by atoms with van der Waals surface area (Å²) in [5, 5.41) is 7.73. The lowest BCUT2D eigenvalue weighted by atomic mass is 9.97. The molecule has 3 aromatic rings. The van der Waals surface area contributed by atoms with Gasteiger partial charge in [-0.3, -0.25) is 9.59 Å². The minimum absolute atomic E-state index is 0.00212. The SMILES string of the molecule is CC(C)C[C@@H](NC(=O)COC(=O)c1nn(C)c(=O)c2ccccc12)c1ccccc1. The van der Waals surface area contributed by atoms with E-state index in [1.807, 2.05) is 30.3 Å². The van der Waals surface area contributed by atoms with Crippen LogP contribution in [0.4, 0.5) is 0 Å². The average molecular weight is 407 g/mol. The smallest absolute Gasteiger partial charge is 0.359 e. The number of aryl methyl sites for hydroxylation is 1. The van der Waals surface area contributed by atoms with Crippen molar-refractivity contribution in [3.63, 3.8) is 0 Å². The van der Waals surface area contributed by atoms with Gasteiger partial charge in [-0.1, -0.05) is 62.4 Å². The van der Waals surface area contributed by atoms with E-state index in [1.54, 1.807) is 24.3 Å². The molecule has 0 saturated heterocycles. The number of ether oxygens (including phenoxy) is 1. The van der Waals surface area contributed by atoms with Crippen molar-refractivity contribution < 1.29 is 14.3 Å². The number of rotatable bonds is 7. The molecule has 0 fully saturated rings. The van der Waals surface area contributed by atoms with Crippen LogP contribution in [0.3, 0.4) is 0 Å². The molecule has 0 aliphatic carbocycles. The molecule has 3 rings (SSSR count). The summed E-state index contributed by atoms with van der Waals surface area (Å²) in [4.78, 5) is 37.2. The molecule has 1 atom stereocenters. The molecular weight excluding hydrogens is 382 g/mol. The number of carbonyl (C=O) groups excluding carboxylic acids is 2. The number of amides is 1. The third-order valence-corrected chi connectivity index (χ3v) is 4.73. The van der Waals surface area contributed by atoms with Gasteiger partial charge in [0, 0.05) is 12.4 Å². The lowest BCUT2D eigenvalue weighted by Crippen LogP contribution is -2.33. The molecule has 0 bridgehead atoms. The molecule has 2 aromatic carbocycles. The summed E-state index contributed by atoms with van der Waals surface area (Å²) in [7, 11) is 1.47. The summed E-state index contributed by atoms with van der Waals surface area (Å²) in [5.74, 6) is -0.775. The third-order valence-electron chi connectivity index (χ3n) is 4.73. The average Bonchev–Trinajstić information content (AvgIpc) is 2.74. The van der Waals surface area contributed by atoms with Crippen molar-refractivity contribution in [3.8, 4) is 0 Å². The highest BCUT2D eigenvalue weighted by Crippen LogP contribution is 2.21. The van der Waals surface area contributed by atoms with Gasteiger partial charge in [-0.15, -0.1) is 0 Å². The molecule has 7 nitrogen and oxygen atoms in total. The molecule has 0 aliphatic rings. The molecule has 7 heteroatoms. The molecule has 156 valence electrons. The van der Waals surface area contributed by atoms with Crippen LogP contribution in [0.1, 0.15) is 42.4 Å². The van der Waals surface area contributed by atoms with Crippen LogP contribution in [0.5, 0.6) is 0 Å². The summed E-state index contributed by atoms with van der Waals surface area (Å²) in [6.07, 6.45) is 0.761. The number of carbonyl (C=O) groups is 2. The van der Waals surface area contributed by atoms with Crippen LogP contribution in [0, 0.1) is 5.92 Å². The number of fused-ring (bicyclic) bond motifs is 1. The number of benzene rings is 2. The Morgan fingerprint density at radius 1 is 1.03 bits per heavy atom. The number of esters is 1. The fraction of sp³-hybridized carbons (Fsp3) is 0.304. The Labute approximate surface area is 174 Å². The summed E-state index contributed by atoms with van der Waals surface area (Å²) in [5.41, 5.74) is 0.693. The van der Waals surface area contributed by atoms with Crippen LogP contribution < -0.4 is 10.9 Å². The van der Waals surface area contributed by atoms with E-state index in [0.29, 0.717) is 16.7 Å². The Hall–Kier alpha value is -3.48. The molecule has 1 amide bonds. The Morgan fingerprint density at radius 3 is 2.33 bits per heavy atom. The zero-order valence-corrected chi connectivity index (χ0v) is 17.3. The van der Waals surface area contributed by atoms with Gasteiger partial charge in [0.2, 0.25) is 0 Å². The van der Waals surface area contributed by atoms with Gasteiger partial charge < -0.3 is 10.1 Å². The van der Waals surface area contributed by atoms with E-state index in [-0.39, 0.29) is 17.3 Å². The maximum atomic E-state index is 12.6. The predicted octanol–water partition coefficient (Wildman–Crippen LogP) is 2.99. The first-order chi connectivity index (χ1) is 14.4. The van der Waals surface area contributed by atoms with Crippen LogP contribution >= 0.6 is 0 Å². The summed E-state index contributed by atoms with van der Waals surface area (Å²) >= 11 is 0. The van der Waals surface area contributed by atoms with Gasteiger partial charge in [-0.2, -0.15) is 5.10 Å². The van der Waals surface area contributed by atoms with Gasteiger partial charge in [0.15, 0.2) is 12.3 Å². The highest BCUT2D eigenvalue weighted by atomic mass is 16.5. The standard InChI is InChI=1S/C23H25N3O4/c1-15(2)13-19(16-9-5-4-6-10-16)24-20(27)14-30-23(29)21-17-11-7-8-12-18(17)22(28)26(3)25-21/h4-12,15,19H,13-14H2,1-3H3,(H,24,27)/t19-/m1/s1. The Morgan fingerprint density at radius 2 is 1.67 bits per heavy atom. The minimum Gasteiger partial charge on any atom is -0.451 e. The van der Waals surface area contributed by atoms with E-state index in [4.69, 9.17) is 4.74 Å². The summed E-state index contributed by atoms with van der Waals surface area (Å²) < 4.78 is 6.30. The first-order valence-electron chi connectivity index (χ1n) is 9.84. The monoisotopic (exact) mass is 407 g/mol. The predicted molar refractivity (Wildman–Crippen MR) is 114 cm³/mol. The third kappa shape index (κ3) is 4.92. The molecule has 1 heterocycles. The second-order valence-corrected chi connectivity index (χ2v) is 7.56. The first kappa shape index (κ1) is 21.2. The van der Waals surface area contributed by atoms with Gasteiger partial charge >= 0.3 is 5.97 Å². The van der Waals surface area contributed by atoms with E-state index in [9.17, 15) is 14.4 Å². The quantitative estimate of drug-likeness (QED) is 0.608. The van der Waals surface area contributed by atoms with E-state index in [0.717, 1.165) is 16.7 Å². The molecule has 1 N–H and O–H groups in total. The highest BCUT2D eigenvalue weighted by molar-refractivity contribution is 6.02. The van der Waals surface area contributed by atoms with E-state index < -0.39 is 18.5 Å². The number of hydrogen-bond acceptors (Lipinski definition) is 5. The van der Waals surface area contributed by atoms with Crippen LogP contribution in [0.2, 0.25) is 0 Å². The number of nitrogens with one attached hydrogen (secondary N) is 1. The Bertz CT molecular complexity index is 1110. The van der Waals surface area contributed by atoms with E-state index in [1.165, 1.54) is 7.05 Å². The van der Waals surface area contributed by atoms with Crippen molar-refractivity contribution in [2.24, 2.45) is 13.0 Å². The number of aromatic nitrogens is 2. The molecule has 0 aliphatic heterocycles. The highest BCUT2D eigenvalue weighted by Gasteiger charge is 2.20. The second kappa shape index (κ2) is 9.35. The fourth-order valence-electron chi connectivity index (χ4n) is 3.32. The van der Waals surface area contributed by atoms with Gasteiger partial charge in [-0.25, -0.2) is 9.48 Å². The molecule has 0 spiro atoms. The van der Waals surface area contributed by atoms with Crippen molar-refractivity contribution >= 4 is 22.6 Å². The maximum Gasteiger partial charge on any atom is 0.359 e. The van der Waals surface area contributed by atoms with Crippen molar-refractivity contribution in [3.05, 3.63) is 76.2 Å². The van der Waals surface area contributed by atoms with Gasteiger partial charge in [-0.05, 0) is 24.0 Å². The van der Waals surface area contributed by atoms with Crippen molar-refractivity contribution in [1.29, 1.82) is 0 Å². The Balaban J connectivity index is 1.71. The topological polar surface area (TPSA) is 90.3 Å². The zero-order valence-electron chi connectivity index (χ0n) is 17.3. The van der Waals surface area contributed by atoms with Gasteiger partial charge in [0.05, 0.1) is 11.4 Å². The molecule has 0 unspecified atom stereocenters. The molecule has 1 aromatic heterocycles. The van der Waals surface area contributed by atoms with Crippen molar-refractivity contribution in [1.82, 2.24) is 15.1 Å². The van der Waals surface area contributed by atoms with Gasteiger partial charge in [0.1, 0.15) is 0 Å². The number of nitrogens with zero attached hydrogens (tertiary/aromatic N) is 2. The largest absolute Gasteiger partial charge is 0.451 e.